The van der Waals surface area contributed by atoms with Crippen molar-refractivity contribution < 1.29 is 14.3 Å². The van der Waals surface area contributed by atoms with Gasteiger partial charge in [-0.25, -0.2) is 9.97 Å². The van der Waals surface area contributed by atoms with Crippen LogP contribution in [0, 0.1) is 13.8 Å². The van der Waals surface area contributed by atoms with Crippen LogP contribution in [0.1, 0.15) is 34.6 Å². The predicted octanol–water partition coefficient (Wildman–Crippen LogP) is 2.79. The fourth-order valence-electron chi connectivity index (χ4n) is 3.03. The number of ether oxygens (including phenoxy) is 2. The van der Waals surface area contributed by atoms with Gasteiger partial charge in [-0.1, -0.05) is 0 Å². The van der Waals surface area contributed by atoms with Crippen LogP contribution >= 0.6 is 0 Å². The molecule has 3 rings (SSSR count). The van der Waals surface area contributed by atoms with Crippen LogP contribution < -0.4 is 9.47 Å². The maximum absolute atomic E-state index is 12.7. The molecule has 1 aliphatic heterocycles. The van der Waals surface area contributed by atoms with Crippen LogP contribution in [-0.4, -0.2) is 47.1 Å². The first-order valence-electron chi connectivity index (χ1n) is 8.47. The summed E-state index contributed by atoms with van der Waals surface area (Å²) in [6, 6.07) is 9.48. The summed E-state index contributed by atoms with van der Waals surface area (Å²) in [5, 5.41) is 0. The minimum Gasteiger partial charge on any atom is -0.497 e. The van der Waals surface area contributed by atoms with Gasteiger partial charge in [-0.3, -0.25) is 4.79 Å². The molecule has 1 unspecified atom stereocenters. The summed E-state index contributed by atoms with van der Waals surface area (Å²) in [6.45, 7) is 5.11. The van der Waals surface area contributed by atoms with E-state index in [1.807, 2.05) is 24.8 Å². The quantitative estimate of drug-likeness (QED) is 0.855. The number of rotatable bonds is 4. The zero-order valence-electron chi connectivity index (χ0n) is 14.9. The van der Waals surface area contributed by atoms with E-state index in [0.29, 0.717) is 18.1 Å². The van der Waals surface area contributed by atoms with Crippen molar-refractivity contribution in [3.05, 3.63) is 47.3 Å². The molecule has 1 aromatic carbocycles. The summed E-state index contributed by atoms with van der Waals surface area (Å²) < 4.78 is 11.1. The fraction of sp³-hybridized carbons (Fsp3) is 0.421. The van der Waals surface area contributed by atoms with Crippen LogP contribution in [0.25, 0.3) is 0 Å². The lowest BCUT2D eigenvalue weighted by atomic mass is 10.1. The van der Waals surface area contributed by atoms with E-state index in [1.165, 1.54) is 0 Å². The van der Waals surface area contributed by atoms with Gasteiger partial charge in [0.2, 0.25) is 0 Å². The lowest BCUT2D eigenvalue weighted by Crippen LogP contribution is -2.44. The highest BCUT2D eigenvalue weighted by Gasteiger charge is 2.26. The summed E-state index contributed by atoms with van der Waals surface area (Å²) in [7, 11) is 1.61. The Morgan fingerprint density at radius 3 is 2.48 bits per heavy atom. The largest absolute Gasteiger partial charge is 0.497 e. The second-order valence-corrected chi connectivity index (χ2v) is 6.30. The zero-order chi connectivity index (χ0) is 17.8. The standard InChI is InChI=1S/C19H23N3O3/c1-13-11-14(2)21-19(20-13)25-17-5-4-10-22(12-17)18(23)15-6-8-16(24-3)9-7-15/h6-9,11,17H,4-5,10,12H2,1-3H3. The Kier molecular flexibility index (Phi) is 5.16. The number of hydrogen-bond acceptors (Lipinski definition) is 5. The lowest BCUT2D eigenvalue weighted by Gasteiger charge is -2.32. The second kappa shape index (κ2) is 7.51. The van der Waals surface area contributed by atoms with Crippen LogP contribution in [-0.2, 0) is 0 Å². The van der Waals surface area contributed by atoms with E-state index in [-0.39, 0.29) is 12.0 Å². The Labute approximate surface area is 147 Å². The molecule has 2 heterocycles. The van der Waals surface area contributed by atoms with Crippen LogP contribution in [0.3, 0.4) is 0 Å². The molecule has 6 nitrogen and oxygen atoms in total. The highest BCUT2D eigenvalue weighted by Crippen LogP contribution is 2.19. The van der Waals surface area contributed by atoms with Gasteiger partial charge in [0.1, 0.15) is 11.9 Å². The highest BCUT2D eigenvalue weighted by molar-refractivity contribution is 5.94. The number of benzene rings is 1. The Bertz CT molecular complexity index is 726. The second-order valence-electron chi connectivity index (χ2n) is 6.30. The summed E-state index contributed by atoms with van der Waals surface area (Å²) in [5.41, 5.74) is 2.41. The van der Waals surface area contributed by atoms with E-state index in [2.05, 4.69) is 9.97 Å². The molecule has 1 atom stereocenters. The normalized spacial score (nSPS) is 17.2. The first-order valence-corrected chi connectivity index (χ1v) is 8.47. The van der Waals surface area contributed by atoms with Crippen molar-refractivity contribution in [2.45, 2.75) is 32.8 Å². The zero-order valence-corrected chi connectivity index (χ0v) is 14.9. The van der Waals surface area contributed by atoms with E-state index < -0.39 is 0 Å². The van der Waals surface area contributed by atoms with Crippen molar-refractivity contribution in [1.29, 1.82) is 0 Å². The van der Waals surface area contributed by atoms with E-state index in [1.54, 1.807) is 31.4 Å². The van der Waals surface area contributed by atoms with Gasteiger partial charge in [0.25, 0.3) is 5.91 Å². The van der Waals surface area contributed by atoms with Crippen LogP contribution in [0.2, 0.25) is 0 Å². The molecule has 0 bridgehead atoms. The number of methoxy groups -OCH3 is 1. The molecule has 1 saturated heterocycles. The molecular formula is C19H23N3O3. The molecule has 0 aliphatic carbocycles. The number of aryl methyl sites for hydroxylation is 2. The molecule has 1 fully saturated rings. The van der Waals surface area contributed by atoms with E-state index in [4.69, 9.17) is 9.47 Å². The van der Waals surface area contributed by atoms with Gasteiger partial charge in [0.15, 0.2) is 0 Å². The number of piperidine rings is 1. The van der Waals surface area contributed by atoms with E-state index >= 15 is 0 Å². The number of amides is 1. The Morgan fingerprint density at radius 1 is 1.16 bits per heavy atom. The number of aromatic nitrogens is 2. The molecule has 6 heteroatoms. The third kappa shape index (κ3) is 4.26. The molecule has 0 N–H and O–H groups in total. The number of carbonyl (C=O) groups is 1. The molecular weight excluding hydrogens is 318 g/mol. The lowest BCUT2D eigenvalue weighted by molar-refractivity contribution is 0.0515. The van der Waals surface area contributed by atoms with Crippen LogP contribution in [0.15, 0.2) is 30.3 Å². The molecule has 0 spiro atoms. The number of hydrogen-bond donors (Lipinski definition) is 0. The maximum Gasteiger partial charge on any atom is 0.317 e. The van der Waals surface area contributed by atoms with Crippen molar-refractivity contribution in [3.63, 3.8) is 0 Å². The minimum atomic E-state index is -0.0860. The average molecular weight is 341 g/mol. The van der Waals surface area contributed by atoms with Crippen LogP contribution in [0.4, 0.5) is 0 Å². The molecule has 1 aromatic heterocycles. The molecule has 1 aliphatic rings. The summed E-state index contributed by atoms with van der Waals surface area (Å²) >= 11 is 0. The predicted molar refractivity (Wildman–Crippen MR) is 94.1 cm³/mol. The van der Waals surface area contributed by atoms with E-state index in [0.717, 1.165) is 36.5 Å². The molecule has 132 valence electrons. The number of likely N-dealkylation sites (tertiary alicyclic amines) is 1. The van der Waals surface area contributed by atoms with Gasteiger partial charge in [0.05, 0.1) is 13.7 Å². The Balaban J connectivity index is 1.66. The van der Waals surface area contributed by atoms with Crippen molar-refractivity contribution in [2.24, 2.45) is 0 Å². The smallest absolute Gasteiger partial charge is 0.317 e. The number of carbonyl (C=O) groups excluding carboxylic acids is 1. The molecule has 25 heavy (non-hydrogen) atoms. The summed E-state index contributed by atoms with van der Waals surface area (Å²) in [4.78, 5) is 23.2. The highest BCUT2D eigenvalue weighted by atomic mass is 16.5. The van der Waals surface area contributed by atoms with Crippen molar-refractivity contribution in [2.75, 3.05) is 20.2 Å². The number of nitrogens with zero attached hydrogens (tertiary/aromatic N) is 3. The van der Waals surface area contributed by atoms with Crippen molar-refractivity contribution in [1.82, 2.24) is 14.9 Å². The van der Waals surface area contributed by atoms with Crippen LogP contribution in [0.5, 0.6) is 11.8 Å². The Morgan fingerprint density at radius 2 is 1.84 bits per heavy atom. The van der Waals surface area contributed by atoms with Gasteiger partial charge in [-0.05, 0) is 57.0 Å². The summed E-state index contributed by atoms with van der Waals surface area (Å²) in [5.74, 6) is 0.751. The fourth-order valence-corrected chi connectivity index (χ4v) is 3.03. The third-order valence-corrected chi connectivity index (χ3v) is 4.24. The van der Waals surface area contributed by atoms with E-state index in [9.17, 15) is 4.79 Å². The van der Waals surface area contributed by atoms with Gasteiger partial charge in [0, 0.05) is 23.5 Å². The van der Waals surface area contributed by atoms with Gasteiger partial charge in [-0.15, -0.1) is 0 Å². The maximum atomic E-state index is 12.7. The third-order valence-electron chi connectivity index (χ3n) is 4.24. The van der Waals surface area contributed by atoms with Gasteiger partial charge >= 0.3 is 6.01 Å². The first-order chi connectivity index (χ1) is 12.0. The van der Waals surface area contributed by atoms with Crippen molar-refractivity contribution >= 4 is 5.91 Å². The minimum absolute atomic E-state index is 0.0114. The van der Waals surface area contributed by atoms with Gasteiger partial charge in [-0.2, -0.15) is 0 Å². The summed E-state index contributed by atoms with van der Waals surface area (Å²) in [6.07, 6.45) is 1.71. The monoisotopic (exact) mass is 341 g/mol. The topological polar surface area (TPSA) is 64.5 Å². The first kappa shape index (κ1) is 17.2. The van der Waals surface area contributed by atoms with Gasteiger partial charge < -0.3 is 14.4 Å². The van der Waals surface area contributed by atoms with Crippen molar-refractivity contribution in [3.8, 4) is 11.8 Å². The molecule has 0 radical (unpaired) electrons. The molecule has 2 aromatic rings. The average Bonchev–Trinajstić information content (AvgIpc) is 2.60. The Hall–Kier alpha value is -2.63. The molecule has 1 amide bonds. The SMILES string of the molecule is COc1ccc(C(=O)N2CCCC(Oc3nc(C)cc(C)n3)C2)cc1. The molecule has 0 saturated carbocycles.